The maximum Gasteiger partial charge on any atom is 0.308 e. The van der Waals surface area contributed by atoms with Crippen LogP contribution in [0.4, 0.5) is 0 Å². The van der Waals surface area contributed by atoms with Gasteiger partial charge in [0.15, 0.2) is 11.5 Å². The Morgan fingerprint density at radius 1 is 1.05 bits per heavy atom. The van der Waals surface area contributed by atoms with E-state index in [0.29, 0.717) is 49.7 Å². The van der Waals surface area contributed by atoms with E-state index in [4.69, 9.17) is 23.7 Å². The molecule has 0 spiro atoms. The van der Waals surface area contributed by atoms with E-state index in [2.05, 4.69) is 25.9 Å². The summed E-state index contributed by atoms with van der Waals surface area (Å²) >= 11 is 0. The normalized spacial score (nSPS) is 21.7. The van der Waals surface area contributed by atoms with Gasteiger partial charge in [-0.2, -0.15) is 0 Å². The highest BCUT2D eigenvalue weighted by atomic mass is 16.7. The van der Waals surface area contributed by atoms with Crippen molar-refractivity contribution in [1.82, 2.24) is 14.7 Å². The summed E-state index contributed by atoms with van der Waals surface area (Å²) in [7, 11) is 5.66. The SMILES string of the molecule is CCCCN(CCCCN(C)C)C(=O)CN1CC(c2cc(OC)c3c(c2)OCO3)[C@H](C(=O)O)[C@H]1CCC1OC=CO1. The fourth-order valence-corrected chi connectivity index (χ4v) is 5.98. The topological polar surface area (TPSA) is 110 Å². The summed E-state index contributed by atoms with van der Waals surface area (Å²) in [5.74, 6) is -0.410. The van der Waals surface area contributed by atoms with Crippen LogP contribution >= 0.6 is 0 Å². The second-order valence-electron chi connectivity index (χ2n) is 11.2. The maximum atomic E-state index is 13.7. The molecular formula is C30H45N3O8. The molecule has 1 aromatic rings. The minimum absolute atomic E-state index is 0.0383. The van der Waals surface area contributed by atoms with Gasteiger partial charge in [-0.3, -0.25) is 14.5 Å². The van der Waals surface area contributed by atoms with Crippen molar-refractivity contribution in [3.63, 3.8) is 0 Å². The summed E-state index contributed by atoms with van der Waals surface area (Å²) < 4.78 is 27.7. The van der Waals surface area contributed by atoms with E-state index in [1.54, 1.807) is 7.11 Å². The van der Waals surface area contributed by atoms with Crippen molar-refractivity contribution in [1.29, 1.82) is 0 Å². The second-order valence-corrected chi connectivity index (χ2v) is 11.2. The van der Waals surface area contributed by atoms with Crippen LogP contribution in [0.2, 0.25) is 0 Å². The van der Waals surface area contributed by atoms with E-state index in [1.807, 2.05) is 21.9 Å². The lowest BCUT2D eigenvalue weighted by Crippen LogP contribution is -2.45. The van der Waals surface area contributed by atoms with E-state index < -0.39 is 18.2 Å². The van der Waals surface area contributed by atoms with E-state index in [1.165, 1.54) is 12.5 Å². The van der Waals surface area contributed by atoms with Gasteiger partial charge in [-0.05, 0) is 64.0 Å². The molecule has 228 valence electrons. The largest absolute Gasteiger partial charge is 0.493 e. The number of fused-ring (bicyclic) bond motifs is 1. The molecule has 1 unspecified atom stereocenters. The Hall–Kier alpha value is -3.18. The molecular weight excluding hydrogens is 530 g/mol. The lowest BCUT2D eigenvalue weighted by Gasteiger charge is -2.30. The molecule has 0 saturated carbocycles. The first kappa shape index (κ1) is 30.8. The number of methoxy groups -OCH3 is 1. The Labute approximate surface area is 242 Å². The number of amides is 1. The number of aliphatic carboxylic acids is 1. The zero-order valence-corrected chi connectivity index (χ0v) is 24.8. The second kappa shape index (κ2) is 14.6. The van der Waals surface area contributed by atoms with Crippen LogP contribution in [0.15, 0.2) is 24.7 Å². The Bertz CT molecular complexity index is 1060. The van der Waals surface area contributed by atoms with Gasteiger partial charge in [0.2, 0.25) is 24.7 Å². The number of nitrogens with zero attached hydrogens (tertiary/aromatic N) is 3. The average Bonchev–Trinajstić information content (AvgIpc) is 3.70. The summed E-state index contributed by atoms with van der Waals surface area (Å²) in [6.07, 6.45) is 7.43. The molecule has 0 radical (unpaired) electrons. The van der Waals surface area contributed by atoms with Crippen LogP contribution in [0.1, 0.15) is 56.9 Å². The number of hydrogen-bond acceptors (Lipinski definition) is 9. The Balaban J connectivity index is 1.56. The van der Waals surface area contributed by atoms with Crippen molar-refractivity contribution in [2.45, 2.75) is 63.7 Å². The average molecular weight is 576 g/mol. The van der Waals surface area contributed by atoms with E-state index in [0.717, 1.165) is 37.8 Å². The lowest BCUT2D eigenvalue weighted by atomic mass is 9.83. The van der Waals surface area contributed by atoms with Gasteiger partial charge in [-0.25, -0.2) is 0 Å². The van der Waals surface area contributed by atoms with Crippen LogP contribution in [0.3, 0.4) is 0 Å². The van der Waals surface area contributed by atoms with E-state index >= 15 is 0 Å². The summed E-state index contributed by atoms with van der Waals surface area (Å²) in [4.78, 5) is 32.7. The fourth-order valence-electron chi connectivity index (χ4n) is 5.98. The van der Waals surface area contributed by atoms with Crippen molar-refractivity contribution in [3.05, 3.63) is 30.2 Å². The van der Waals surface area contributed by atoms with Crippen molar-refractivity contribution in [3.8, 4) is 17.2 Å². The number of carbonyl (C=O) groups is 2. The molecule has 11 nitrogen and oxygen atoms in total. The highest BCUT2D eigenvalue weighted by Crippen LogP contribution is 2.47. The number of likely N-dealkylation sites (tertiary alicyclic amines) is 1. The fraction of sp³-hybridized carbons (Fsp3) is 0.667. The Morgan fingerprint density at radius 3 is 2.46 bits per heavy atom. The summed E-state index contributed by atoms with van der Waals surface area (Å²) in [6, 6.07) is 3.30. The van der Waals surface area contributed by atoms with Gasteiger partial charge in [-0.1, -0.05) is 13.3 Å². The first-order chi connectivity index (χ1) is 19.8. The van der Waals surface area contributed by atoms with E-state index in [-0.39, 0.29) is 31.2 Å². The molecule has 0 bridgehead atoms. The highest BCUT2D eigenvalue weighted by Gasteiger charge is 2.48. The molecule has 1 N–H and O–H groups in total. The predicted molar refractivity (Wildman–Crippen MR) is 152 cm³/mol. The molecule has 3 heterocycles. The molecule has 1 amide bonds. The monoisotopic (exact) mass is 575 g/mol. The van der Waals surface area contributed by atoms with Gasteiger partial charge in [0, 0.05) is 38.0 Å². The number of ether oxygens (including phenoxy) is 5. The number of unbranched alkanes of at least 4 members (excludes halogenated alkanes) is 2. The molecule has 3 aliphatic rings. The summed E-state index contributed by atoms with van der Waals surface area (Å²) in [6.45, 7) is 5.17. The minimum atomic E-state index is -0.899. The first-order valence-electron chi connectivity index (χ1n) is 14.6. The molecule has 11 heteroatoms. The lowest BCUT2D eigenvalue weighted by molar-refractivity contribution is -0.144. The molecule has 0 aromatic heterocycles. The number of benzene rings is 1. The molecule has 1 fully saturated rings. The zero-order chi connectivity index (χ0) is 29.4. The number of carbonyl (C=O) groups excluding carboxylic acids is 1. The van der Waals surface area contributed by atoms with E-state index in [9.17, 15) is 14.7 Å². The van der Waals surface area contributed by atoms with Crippen molar-refractivity contribution < 1.29 is 38.4 Å². The van der Waals surface area contributed by atoms with Crippen LogP contribution < -0.4 is 14.2 Å². The van der Waals surface area contributed by atoms with Gasteiger partial charge in [0.05, 0.1) is 19.6 Å². The van der Waals surface area contributed by atoms with Gasteiger partial charge in [0.1, 0.15) is 12.5 Å². The number of carboxylic acid groups (broad SMARTS) is 1. The van der Waals surface area contributed by atoms with Crippen LogP contribution in [0.25, 0.3) is 0 Å². The molecule has 1 aromatic carbocycles. The summed E-state index contributed by atoms with van der Waals surface area (Å²) in [5.41, 5.74) is 0.792. The number of hydrogen-bond donors (Lipinski definition) is 1. The third-order valence-corrected chi connectivity index (χ3v) is 8.11. The van der Waals surface area contributed by atoms with Crippen molar-refractivity contribution >= 4 is 11.9 Å². The zero-order valence-electron chi connectivity index (χ0n) is 24.8. The molecule has 41 heavy (non-hydrogen) atoms. The smallest absolute Gasteiger partial charge is 0.308 e. The third kappa shape index (κ3) is 7.77. The van der Waals surface area contributed by atoms with Gasteiger partial charge >= 0.3 is 5.97 Å². The number of carboxylic acids is 1. The van der Waals surface area contributed by atoms with Gasteiger partial charge in [0.25, 0.3) is 0 Å². The quantitative estimate of drug-likeness (QED) is 0.294. The maximum absolute atomic E-state index is 13.7. The standard InChI is InChI=1S/C30H45N3O8/c1-5-6-12-32(13-8-7-11-31(2)3)26(34)19-33-18-22(21-16-24(37-4)29-25(17-21)40-20-41-29)28(30(35)36)23(33)9-10-27-38-14-15-39-27/h14-17,22-23,27-28H,5-13,18-20H2,1-4H3,(H,35,36)/t22?,23-,28+/m1/s1. The molecule has 3 atom stereocenters. The molecule has 3 aliphatic heterocycles. The minimum Gasteiger partial charge on any atom is -0.493 e. The van der Waals surface area contributed by atoms with Crippen molar-refractivity contribution in [2.75, 3.05) is 60.7 Å². The Kier molecular flexibility index (Phi) is 11.0. The van der Waals surface area contributed by atoms with Gasteiger partial charge < -0.3 is 38.6 Å². The first-order valence-corrected chi connectivity index (χ1v) is 14.6. The van der Waals surface area contributed by atoms with Crippen LogP contribution in [0, 0.1) is 5.92 Å². The van der Waals surface area contributed by atoms with Crippen LogP contribution in [-0.2, 0) is 19.1 Å². The van der Waals surface area contributed by atoms with Crippen molar-refractivity contribution in [2.24, 2.45) is 5.92 Å². The third-order valence-electron chi connectivity index (χ3n) is 8.11. The highest BCUT2D eigenvalue weighted by molar-refractivity contribution is 5.79. The summed E-state index contributed by atoms with van der Waals surface area (Å²) in [5, 5.41) is 10.5. The van der Waals surface area contributed by atoms with Crippen LogP contribution in [-0.4, -0.2) is 105 Å². The molecule has 4 rings (SSSR count). The van der Waals surface area contributed by atoms with Gasteiger partial charge in [-0.15, -0.1) is 0 Å². The van der Waals surface area contributed by atoms with Crippen LogP contribution in [0.5, 0.6) is 17.2 Å². The molecule has 0 aliphatic carbocycles. The Morgan fingerprint density at radius 2 is 1.78 bits per heavy atom. The molecule has 1 saturated heterocycles. The number of rotatable bonds is 16. The predicted octanol–water partition coefficient (Wildman–Crippen LogP) is 3.49.